The molecular weight excluding hydrogens is 393 g/mol. The van der Waals surface area contributed by atoms with Gasteiger partial charge < -0.3 is 9.80 Å². The molecule has 5 nitrogen and oxygen atoms in total. The maximum atomic E-state index is 13.5. The Morgan fingerprint density at radius 2 is 1.90 bits per heavy atom. The predicted octanol–water partition coefficient (Wildman–Crippen LogP) is 3.94. The zero-order chi connectivity index (χ0) is 21.8. The lowest BCUT2D eigenvalue weighted by atomic mass is 9.78. The van der Waals surface area contributed by atoms with Crippen molar-refractivity contribution in [1.29, 1.82) is 0 Å². The number of aromatic nitrogens is 1. The number of piperidine rings is 2. The number of amides is 2. The van der Waals surface area contributed by atoms with Crippen molar-refractivity contribution < 1.29 is 14.0 Å². The number of pyridine rings is 1. The summed E-state index contributed by atoms with van der Waals surface area (Å²) in [5.41, 5.74) is 0.992. The molecule has 1 aromatic carbocycles. The van der Waals surface area contributed by atoms with Crippen molar-refractivity contribution in [2.45, 2.75) is 39.0 Å². The Morgan fingerprint density at radius 1 is 1.10 bits per heavy atom. The lowest BCUT2D eigenvalue weighted by molar-refractivity contribution is -0.145. The number of carbonyl (C=O) groups excluding carboxylic acids is 2. The molecule has 0 bridgehead atoms. The first kappa shape index (κ1) is 21.5. The van der Waals surface area contributed by atoms with Gasteiger partial charge in [0.1, 0.15) is 5.82 Å². The second-order valence-electron chi connectivity index (χ2n) is 9.15. The SMILES string of the molecule is CC1(C(=O)N2CCCC(Cc3ccccn3)C2)CCN(C(=O)c2cccc(F)c2)CC1. The monoisotopic (exact) mass is 423 g/mol. The van der Waals surface area contributed by atoms with Crippen molar-refractivity contribution in [3.05, 3.63) is 65.7 Å². The Balaban J connectivity index is 1.35. The molecule has 2 aliphatic heterocycles. The van der Waals surface area contributed by atoms with Crippen LogP contribution in [0.5, 0.6) is 0 Å². The quantitative estimate of drug-likeness (QED) is 0.748. The van der Waals surface area contributed by atoms with Gasteiger partial charge in [-0.3, -0.25) is 14.6 Å². The smallest absolute Gasteiger partial charge is 0.253 e. The number of nitrogens with zero attached hydrogens (tertiary/aromatic N) is 3. The van der Waals surface area contributed by atoms with Crippen LogP contribution in [-0.4, -0.2) is 52.8 Å². The second-order valence-corrected chi connectivity index (χ2v) is 9.15. The van der Waals surface area contributed by atoms with Crippen molar-refractivity contribution in [3.8, 4) is 0 Å². The van der Waals surface area contributed by atoms with Gasteiger partial charge in [0.05, 0.1) is 0 Å². The minimum atomic E-state index is -0.453. The standard InChI is InChI=1S/C25H30FN3O2/c1-25(10-14-28(15-11-25)23(30)20-7-4-8-21(26)17-20)24(31)29-13-5-6-19(18-29)16-22-9-2-3-12-27-22/h2-4,7-9,12,17,19H,5-6,10-11,13-16,18H2,1H3. The van der Waals surface area contributed by atoms with Crippen LogP contribution in [-0.2, 0) is 11.2 Å². The molecule has 1 unspecified atom stereocenters. The average Bonchev–Trinajstić information content (AvgIpc) is 2.79. The summed E-state index contributed by atoms with van der Waals surface area (Å²) in [4.78, 5) is 34.3. The van der Waals surface area contributed by atoms with E-state index in [2.05, 4.69) is 4.98 Å². The van der Waals surface area contributed by atoms with Crippen LogP contribution < -0.4 is 0 Å². The van der Waals surface area contributed by atoms with Gasteiger partial charge in [-0.1, -0.05) is 19.1 Å². The third-order valence-corrected chi connectivity index (χ3v) is 6.77. The van der Waals surface area contributed by atoms with Gasteiger partial charge in [0.15, 0.2) is 0 Å². The predicted molar refractivity (Wildman–Crippen MR) is 117 cm³/mol. The first-order valence-electron chi connectivity index (χ1n) is 11.2. The molecule has 2 amide bonds. The summed E-state index contributed by atoms with van der Waals surface area (Å²) in [5.74, 6) is 0.0672. The van der Waals surface area contributed by atoms with Crippen molar-refractivity contribution in [1.82, 2.24) is 14.8 Å². The molecule has 3 heterocycles. The molecule has 0 N–H and O–H groups in total. The Hall–Kier alpha value is -2.76. The highest BCUT2D eigenvalue weighted by Crippen LogP contribution is 2.35. The molecule has 2 fully saturated rings. The van der Waals surface area contributed by atoms with Crippen LogP contribution in [0.15, 0.2) is 48.7 Å². The molecule has 0 spiro atoms. The van der Waals surface area contributed by atoms with Crippen molar-refractivity contribution in [3.63, 3.8) is 0 Å². The van der Waals surface area contributed by atoms with Gasteiger partial charge in [-0.05, 0) is 68.4 Å². The fourth-order valence-electron chi connectivity index (χ4n) is 4.83. The fraction of sp³-hybridized carbons (Fsp3) is 0.480. The number of likely N-dealkylation sites (tertiary alicyclic amines) is 2. The largest absolute Gasteiger partial charge is 0.342 e. The summed E-state index contributed by atoms with van der Waals surface area (Å²) in [7, 11) is 0. The number of rotatable bonds is 4. The van der Waals surface area contributed by atoms with E-state index < -0.39 is 11.2 Å². The molecule has 31 heavy (non-hydrogen) atoms. The Bertz CT molecular complexity index is 925. The second kappa shape index (κ2) is 9.16. The number of hydrogen-bond acceptors (Lipinski definition) is 3. The van der Waals surface area contributed by atoms with E-state index in [1.165, 1.54) is 12.1 Å². The van der Waals surface area contributed by atoms with Crippen molar-refractivity contribution >= 4 is 11.8 Å². The van der Waals surface area contributed by atoms with Crippen LogP contribution in [0, 0.1) is 17.2 Å². The molecule has 2 aromatic rings. The molecular formula is C25H30FN3O2. The summed E-state index contributed by atoms with van der Waals surface area (Å²) >= 11 is 0. The average molecular weight is 424 g/mol. The molecule has 0 aliphatic carbocycles. The topological polar surface area (TPSA) is 53.5 Å². The normalized spacial score (nSPS) is 21.0. The van der Waals surface area contributed by atoms with E-state index in [0.29, 0.717) is 37.4 Å². The van der Waals surface area contributed by atoms with Crippen LogP contribution >= 0.6 is 0 Å². The number of halogens is 1. The third-order valence-electron chi connectivity index (χ3n) is 6.77. The molecule has 1 aromatic heterocycles. The zero-order valence-corrected chi connectivity index (χ0v) is 18.1. The van der Waals surface area contributed by atoms with Crippen LogP contribution in [0.4, 0.5) is 4.39 Å². The van der Waals surface area contributed by atoms with Gasteiger partial charge in [0.25, 0.3) is 5.91 Å². The molecule has 1 atom stereocenters. The highest BCUT2D eigenvalue weighted by molar-refractivity contribution is 5.94. The first-order valence-corrected chi connectivity index (χ1v) is 11.2. The van der Waals surface area contributed by atoms with Gasteiger partial charge in [0, 0.05) is 49.0 Å². The van der Waals surface area contributed by atoms with Crippen molar-refractivity contribution in [2.24, 2.45) is 11.3 Å². The molecule has 0 saturated carbocycles. The van der Waals surface area contributed by atoms with E-state index in [-0.39, 0.29) is 11.8 Å². The summed E-state index contributed by atoms with van der Waals surface area (Å²) in [6, 6.07) is 11.8. The van der Waals surface area contributed by atoms with Gasteiger partial charge in [-0.25, -0.2) is 4.39 Å². The molecule has 4 rings (SSSR count). The lowest BCUT2D eigenvalue weighted by Gasteiger charge is -2.43. The van der Waals surface area contributed by atoms with E-state index in [4.69, 9.17) is 0 Å². The molecule has 164 valence electrons. The van der Waals surface area contributed by atoms with E-state index in [1.807, 2.05) is 36.2 Å². The van der Waals surface area contributed by atoms with Crippen LogP contribution in [0.2, 0.25) is 0 Å². The fourth-order valence-corrected chi connectivity index (χ4v) is 4.83. The van der Waals surface area contributed by atoms with Crippen LogP contribution in [0.25, 0.3) is 0 Å². The van der Waals surface area contributed by atoms with Crippen molar-refractivity contribution in [2.75, 3.05) is 26.2 Å². The summed E-state index contributed by atoms with van der Waals surface area (Å²) in [6.07, 6.45) is 6.12. The van der Waals surface area contributed by atoms with Gasteiger partial charge >= 0.3 is 0 Å². The van der Waals surface area contributed by atoms with Gasteiger partial charge in [-0.2, -0.15) is 0 Å². The molecule has 0 radical (unpaired) electrons. The number of hydrogen-bond donors (Lipinski definition) is 0. The highest BCUT2D eigenvalue weighted by Gasteiger charge is 2.41. The third kappa shape index (κ3) is 4.94. The van der Waals surface area contributed by atoms with E-state index in [0.717, 1.165) is 38.0 Å². The summed E-state index contributed by atoms with van der Waals surface area (Å²) < 4.78 is 13.5. The zero-order valence-electron chi connectivity index (χ0n) is 18.1. The molecule has 2 saturated heterocycles. The number of benzene rings is 1. The Kier molecular flexibility index (Phi) is 6.35. The maximum absolute atomic E-state index is 13.5. The summed E-state index contributed by atoms with van der Waals surface area (Å²) in [6.45, 7) is 4.64. The van der Waals surface area contributed by atoms with E-state index in [9.17, 15) is 14.0 Å². The van der Waals surface area contributed by atoms with Gasteiger partial charge in [0.2, 0.25) is 5.91 Å². The minimum absolute atomic E-state index is 0.164. The van der Waals surface area contributed by atoms with Gasteiger partial charge in [-0.15, -0.1) is 0 Å². The molecule has 6 heteroatoms. The van der Waals surface area contributed by atoms with E-state index in [1.54, 1.807) is 17.0 Å². The summed E-state index contributed by atoms with van der Waals surface area (Å²) in [5, 5.41) is 0. The molecule has 2 aliphatic rings. The Morgan fingerprint density at radius 3 is 2.61 bits per heavy atom. The maximum Gasteiger partial charge on any atom is 0.253 e. The Labute approximate surface area is 183 Å². The highest BCUT2D eigenvalue weighted by atomic mass is 19.1. The minimum Gasteiger partial charge on any atom is -0.342 e. The lowest BCUT2D eigenvalue weighted by Crippen LogP contribution is -2.52. The van der Waals surface area contributed by atoms with E-state index >= 15 is 0 Å². The van der Waals surface area contributed by atoms with Crippen LogP contribution in [0.1, 0.15) is 48.7 Å². The number of carbonyl (C=O) groups is 2. The van der Waals surface area contributed by atoms with Crippen LogP contribution in [0.3, 0.4) is 0 Å². The first-order chi connectivity index (χ1) is 14.9.